The molecule has 0 radical (unpaired) electrons. The van der Waals surface area contributed by atoms with Gasteiger partial charge in [-0.3, -0.25) is 4.79 Å². The van der Waals surface area contributed by atoms with E-state index in [2.05, 4.69) is 5.16 Å². The second-order valence-corrected chi connectivity index (χ2v) is 3.77. The minimum Gasteiger partial charge on any atom is -0.481 e. The first-order chi connectivity index (χ1) is 5.93. The highest BCUT2D eigenvalue weighted by Crippen LogP contribution is 2.23. The summed E-state index contributed by atoms with van der Waals surface area (Å²) in [4.78, 5) is 10.8. The quantitative estimate of drug-likeness (QED) is 0.773. The van der Waals surface area contributed by atoms with Crippen molar-refractivity contribution >= 4 is 5.97 Å². The molecule has 1 heterocycles. The molecule has 0 aliphatic carbocycles. The molecule has 4 heteroatoms. The maximum Gasteiger partial charge on any atom is 0.309 e. The number of carbonyl (C=O) groups is 1. The van der Waals surface area contributed by atoms with E-state index in [1.165, 1.54) is 0 Å². The molecule has 1 rings (SSSR count). The molecule has 0 bridgehead atoms. The van der Waals surface area contributed by atoms with Crippen molar-refractivity contribution in [3.05, 3.63) is 17.5 Å². The number of carboxylic acids is 1. The summed E-state index contributed by atoms with van der Waals surface area (Å²) in [6.45, 7) is 5.14. The Balaban J connectivity index is 2.80. The van der Waals surface area contributed by atoms with Crippen molar-refractivity contribution in [2.24, 2.45) is 5.41 Å². The topological polar surface area (TPSA) is 63.3 Å². The molecule has 1 aromatic heterocycles. The van der Waals surface area contributed by atoms with Gasteiger partial charge in [0.2, 0.25) is 0 Å². The number of hydrogen-bond donors (Lipinski definition) is 1. The van der Waals surface area contributed by atoms with Crippen LogP contribution >= 0.6 is 0 Å². The van der Waals surface area contributed by atoms with Crippen LogP contribution in [0.3, 0.4) is 0 Å². The molecule has 0 atom stereocenters. The molecule has 0 spiro atoms. The van der Waals surface area contributed by atoms with Gasteiger partial charge in [-0.1, -0.05) is 5.16 Å². The lowest BCUT2D eigenvalue weighted by molar-refractivity contribution is -0.146. The smallest absolute Gasteiger partial charge is 0.309 e. The number of aryl methyl sites for hydroxylation is 1. The lowest BCUT2D eigenvalue weighted by atomic mass is 9.86. The lowest BCUT2D eigenvalue weighted by Gasteiger charge is -2.17. The SMILES string of the molecule is Cc1oncc1CC(C)(C)C(=O)O. The van der Waals surface area contributed by atoms with Gasteiger partial charge in [-0.2, -0.15) is 0 Å². The van der Waals surface area contributed by atoms with Crippen molar-refractivity contribution in [3.63, 3.8) is 0 Å². The predicted octanol–water partition coefficient (Wildman–Crippen LogP) is 1.64. The van der Waals surface area contributed by atoms with Gasteiger partial charge in [0.15, 0.2) is 0 Å². The zero-order chi connectivity index (χ0) is 10.1. The molecule has 0 unspecified atom stereocenters. The van der Waals surface area contributed by atoms with Crippen LogP contribution in [0.2, 0.25) is 0 Å². The van der Waals surface area contributed by atoms with E-state index in [-0.39, 0.29) is 0 Å². The van der Waals surface area contributed by atoms with Crippen LogP contribution in [0.15, 0.2) is 10.7 Å². The molecule has 0 amide bonds. The van der Waals surface area contributed by atoms with Crippen LogP contribution in [0.25, 0.3) is 0 Å². The Kier molecular flexibility index (Phi) is 2.40. The van der Waals surface area contributed by atoms with Crippen LogP contribution in [-0.2, 0) is 11.2 Å². The Morgan fingerprint density at radius 3 is 2.69 bits per heavy atom. The second kappa shape index (κ2) is 3.20. The summed E-state index contributed by atoms with van der Waals surface area (Å²) in [5.41, 5.74) is 0.0865. The summed E-state index contributed by atoms with van der Waals surface area (Å²) in [7, 11) is 0. The van der Waals surface area contributed by atoms with E-state index in [1.54, 1.807) is 27.0 Å². The van der Waals surface area contributed by atoms with E-state index in [9.17, 15) is 4.79 Å². The third-order valence-electron chi connectivity index (χ3n) is 2.06. The molecule has 1 N–H and O–H groups in total. The Labute approximate surface area is 76.5 Å². The predicted molar refractivity (Wildman–Crippen MR) is 46.4 cm³/mol. The van der Waals surface area contributed by atoms with Crippen LogP contribution < -0.4 is 0 Å². The molecule has 0 saturated carbocycles. The highest BCUT2D eigenvalue weighted by molar-refractivity contribution is 5.74. The van der Waals surface area contributed by atoms with Crippen molar-refractivity contribution in [1.82, 2.24) is 5.16 Å². The fraction of sp³-hybridized carbons (Fsp3) is 0.556. The van der Waals surface area contributed by atoms with Gasteiger partial charge in [-0.25, -0.2) is 0 Å². The molecular weight excluding hydrogens is 170 g/mol. The molecule has 0 saturated heterocycles. The van der Waals surface area contributed by atoms with E-state index in [1.807, 2.05) is 0 Å². The first kappa shape index (κ1) is 9.77. The number of carboxylic acid groups (broad SMARTS) is 1. The number of nitrogens with zero attached hydrogens (tertiary/aromatic N) is 1. The normalized spacial score (nSPS) is 11.6. The van der Waals surface area contributed by atoms with Crippen molar-refractivity contribution in [2.45, 2.75) is 27.2 Å². The molecule has 0 fully saturated rings. The minimum absolute atomic E-state index is 0.442. The number of aromatic nitrogens is 1. The summed E-state index contributed by atoms with van der Waals surface area (Å²) in [5.74, 6) is -0.123. The fourth-order valence-corrected chi connectivity index (χ4v) is 1.04. The van der Waals surface area contributed by atoms with E-state index in [0.29, 0.717) is 12.2 Å². The van der Waals surface area contributed by atoms with Crippen LogP contribution in [0, 0.1) is 12.3 Å². The average molecular weight is 183 g/mol. The molecule has 1 aromatic rings. The van der Waals surface area contributed by atoms with Gasteiger partial charge in [0.05, 0.1) is 11.6 Å². The Hall–Kier alpha value is -1.32. The average Bonchev–Trinajstić information content (AvgIpc) is 2.35. The van der Waals surface area contributed by atoms with E-state index in [0.717, 1.165) is 5.56 Å². The maximum atomic E-state index is 10.8. The van der Waals surface area contributed by atoms with E-state index >= 15 is 0 Å². The summed E-state index contributed by atoms with van der Waals surface area (Å²) in [5, 5.41) is 12.5. The first-order valence-corrected chi connectivity index (χ1v) is 4.07. The van der Waals surface area contributed by atoms with Gasteiger partial charge in [-0.05, 0) is 27.2 Å². The zero-order valence-corrected chi connectivity index (χ0v) is 8.00. The molecule has 13 heavy (non-hydrogen) atoms. The van der Waals surface area contributed by atoms with Gasteiger partial charge in [0.25, 0.3) is 0 Å². The highest BCUT2D eigenvalue weighted by atomic mass is 16.5. The van der Waals surface area contributed by atoms with Gasteiger partial charge < -0.3 is 9.63 Å². The number of aliphatic carboxylic acids is 1. The Morgan fingerprint density at radius 2 is 2.31 bits per heavy atom. The van der Waals surface area contributed by atoms with E-state index < -0.39 is 11.4 Å². The monoisotopic (exact) mass is 183 g/mol. The van der Waals surface area contributed by atoms with Gasteiger partial charge in [-0.15, -0.1) is 0 Å². The molecule has 0 aliphatic heterocycles. The van der Waals surface area contributed by atoms with Crippen LogP contribution in [0.4, 0.5) is 0 Å². The zero-order valence-electron chi connectivity index (χ0n) is 8.00. The summed E-state index contributed by atoms with van der Waals surface area (Å²) in [6, 6.07) is 0. The standard InChI is InChI=1S/C9H13NO3/c1-6-7(5-10-13-6)4-9(2,3)8(11)12/h5H,4H2,1-3H3,(H,11,12). The molecule has 72 valence electrons. The third-order valence-corrected chi connectivity index (χ3v) is 2.06. The van der Waals surface area contributed by atoms with Crippen LogP contribution in [0.5, 0.6) is 0 Å². The summed E-state index contributed by atoms with van der Waals surface area (Å²) >= 11 is 0. The van der Waals surface area contributed by atoms with Crippen molar-refractivity contribution in [3.8, 4) is 0 Å². The molecule has 4 nitrogen and oxygen atoms in total. The van der Waals surface area contributed by atoms with Crippen molar-refractivity contribution in [2.75, 3.05) is 0 Å². The van der Waals surface area contributed by atoms with Crippen molar-refractivity contribution < 1.29 is 14.4 Å². The van der Waals surface area contributed by atoms with Gasteiger partial charge in [0, 0.05) is 5.56 Å². The fourth-order valence-electron chi connectivity index (χ4n) is 1.04. The molecule has 0 aliphatic rings. The second-order valence-electron chi connectivity index (χ2n) is 3.77. The third kappa shape index (κ3) is 2.08. The maximum absolute atomic E-state index is 10.8. The summed E-state index contributed by atoms with van der Waals surface area (Å²) < 4.78 is 4.85. The van der Waals surface area contributed by atoms with Gasteiger partial charge in [0.1, 0.15) is 5.76 Å². The molecular formula is C9H13NO3. The Morgan fingerprint density at radius 1 is 1.69 bits per heavy atom. The summed E-state index contributed by atoms with van der Waals surface area (Å²) in [6.07, 6.45) is 2.01. The number of hydrogen-bond acceptors (Lipinski definition) is 3. The largest absolute Gasteiger partial charge is 0.481 e. The Bertz CT molecular complexity index is 314. The lowest BCUT2D eigenvalue weighted by Crippen LogP contribution is -2.26. The van der Waals surface area contributed by atoms with Gasteiger partial charge >= 0.3 is 5.97 Å². The van der Waals surface area contributed by atoms with Crippen LogP contribution in [-0.4, -0.2) is 16.2 Å². The molecule has 0 aromatic carbocycles. The highest BCUT2D eigenvalue weighted by Gasteiger charge is 2.28. The van der Waals surface area contributed by atoms with E-state index in [4.69, 9.17) is 9.63 Å². The number of rotatable bonds is 3. The first-order valence-electron chi connectivity index (χ1n) is 4.07. The van der Waals surface area contributed by atoms with Crippen molar-refractivity contribution in [1.29, 1.82) is 0 Å². The van der Waals surface area contributed by atoms with Crippen LogP contribution in [0.1, 0.15) is 25.2 Å². The minimum atomic E-state index is -0.812.